The second-order valence-corrected chi connectivity index (χ2v) is 4.83. The SMILES string of the molecule is CCCC(C)NC(=O)COc1ccc(C(=O)O)c(C)c1. The van der Waals surface area contributed by atoms with E-state index in [9.17, 15) is 9.59 Å². The van der Waals surface area contributed by atoms with Crippen molar-refractivity contribution in [1.82, 2.24) is 5.32 Å². The summed E-state index contributed by atoms with van der Waals surface area (Å²) in [6.45, 7) is 5.64. The molecule has 20 heavy (non-hydrogen) atoms. The molecule has 0 saturated heterocycles. The summed E-state index contributed by atoms with van der Waals surface area (Å²) in [6, 6.07) is 4.78. The van der Waals surface area contributed by atoms with E-state index in [-0.39, 0.29) is 24.1 Å². The number of hydrogen-bond donors (Lipinski definition) is 2. The number of hydrogen-bond acceptors (Lipinski definition) is 3. The summed E-state index contributed by atoms with van der Waals surface area (Å²) in [6.07, 6.45) is 1.94. The molecule has 110 valence electrons. The molecule has 0 spiro atoms. The summed E-state index contributed by atoms with van der Waals surface area (Å²) >= 11 is 0. The van der Waals surface area contributed by atoms with Gasteiger partial charge in [-0.1, -0.05) is 13.3 Å². The number of carboxylic acids is 1. The summed E-state index contributed by atoms with van der Waals surface area (Å²) in [5.41, 5.74) is 0.841. The van der Waals surface area contributed by atoms with Crippen molar-refractivity contribution < 1.29 is 19.4 Å². The summed E-state index contributed by atoms with van der Waals surface area (Å²) < 4.78 is 5.36. The quantitative estimate of drug-likeness (QED) is 0.803. The first kappa shape index (κ1) is 16.0. The van der Waals surface area contributed by atoms with Gasteiger partial charge in [0.25, 0.3) is 5.91 Å². The molecule has 1 rings (SSSR count). The molecule has 5 heteroatoms. The first-order valence-electron chi connectivity index (χ1n) is 6.70. The molecular weight excluding hydrogens is 258 g/mol. The van der Waals surface area contributed by atoms with Crippen molar-refractivity contribution in [3.05, 3.63) is 29.3 Å². The van der Waals surface area contributed by atoms with Crippen LogP contribution in [0, 0.1) is 6.92 Å². The number of carbonyl (C=O) groups is 2. The van der Waals surface area contributed by atoms with E-state index in [1.807, 2.05) is 6.92 Å². The van der Waals surface area contributed by atoms with Gasteiger partial charge < -0.3 is 15.2 Å². The van der Waals surface area contributed by atoms with Gasteiger partial charge in [0, 0.05) is 6.04 Å². The van der Waals surface area contributed by atoms with Crippen LogP contribution >= 0.6 is 0 Å². The van der Waals surface area contributed by atoms with Crippen LogP contribution in [-0.2, 0) is 4.79 Å². The van der Waals surface area contributed by atoms with Crippen LogP contribution in [-0.4, -0.2) is 29.6 Å². The fraction of sp³-hybridized carbons (Fsp3) is 0.467. The Kier molecular flexibility index (Phi) is 6.03. The van der Waals surface area contributed by atoms with Crippen molar-refractivity contribution in [1.29, 1.82) is 0 Å². The molecule has 1 amide bonds. The number of nitrogens with one attached hydrogen (secondary N) is 1. The van der Waals surface area contributed by atoms with Gasteiger partial charge in [0.1, 0.15) is 5.75 Å². The molecule has 0 aliphatic carbocycles. The highest BCUT2D eigenvalue weighted by Crippen LogP contribution is 2.17. The zero-order valence-corrected chi connectivity index (χ0v) is 12.1. The normalized spacial score (nSPS) is 11.8. The third-order valence-electron chi connectivity index (χ3n) is 2.93. The minimum atomic E-state index is -0.972. The smallest absolute Gasteiger partial charge is 0.335 e. The van der Waals surface area contributed by atoms with Gasteiger partial charge in [-0.25, -0.2) is 4.79 Å². The Morgan fingerprint density at radius 1 is 1.40 bits per heavy atom. The second kappa shape index (κ2) is 7.53. The van der Waals surface area contributed by atoms with Crippen molar-refractivity contribution in [2.45, 2.75) is 39.7 Å². The van der Waals surface area contributed by atoms with Crippen LogP contribution < -0.4 is 10.1 Å². The molecule has 0 aliphatic heterocycles. The Morgan fingerprint density at radius 2 is 2.10 bits per heavy atom. The van der Waals surface area contributed by atoms with Crippen LogP contribution in [0.5, 0.6) is 5.75 Å². The highest BCUT2D eigenvalue weighted by molar-refractivity contribution is 5.89. The van der Waals surface area contributed by atoms with Gasteiger partial charge in [0.2, 0.25) is 0 Å². The largest absolute Gasteiger partial charge is 0.484 e. The molecule has 0 fully saturated rings. The van der Waals surface area contributed by atoms with Gasteiger partial charge >= 0.3 is 5.97 Å². The molecule has 0 heterocycles. The van der Waals surface area contributed by atoms with Gasteiger partial charge in [-0.15, -0.1) is 0 Å². The Balaban J connectivity index is 2.52. The number of carbonyl (C=O) groups excluding carboxylic acids is 1. The first-order valence-corrected chi connectivity index (χ1v) is 6.70. The maximum absolute atomic E-state index is 11.6. The maximum atomic E-state index is 11.6. The Hall–Kier alpha value is -2.04. The molecule has 0 aliphatic rings. The number of amides is 1. The minimum absolute atomic E-state index is 0.0695. The van der Waals surface area contributed by atoms with E-state index in [0.717, 1.165) is 12.8 Å². The van der Waals surface area contributed by atoms with Crippen LogP contribution in [0.3, 0.4) is 0 Å². The number of aromatic carboxylic acids is 1. The second-order valence-electron chi connectivity index (χ2n) is 4.83. The fourth-order valence-corrected chi connectivity index (χ4v) is 1.94. The van der Waals surface area contributed by atoms with E-state index in [2.05, 4.69) is 12.2 Å². The number of carboxylic acid groups (broad SMARTS) is 1. The molecule has 5 nitrogen and oxygen atoms in total. The molecule has 0 bridgehead atoms. The summed E-state index contributed by atoms with van der Waals surface area (Å²) in [4.78, 5) is 22.5. The number of aryl methyl sites for hydroxylation is 1. The molecule has 1 atom stereocenters. The lowest BCUT2D eigenvalue weighted by molar-refractivity contribution is -0.123. The molecule has 1 aromatic carbocycles. The lowest BCUT2D eigenvalue weighted by Gasteiger charge is -2.13. The third kappa shape index (κ3) is 4.91. The Labute approximate surface area is 118 Å². The molecular formula is C15H21NO4. The summed E-state index contributed by atoms with van der Waals surface area (Å²) in [5, 5.41) is 11.8. The summed E-state index contributed by atoms with van der Waals surface area (Å²) in [5.74, 6) is -0.656. The third-order valence-corrected chi connectivity index (χ3v) is 2.93. The Bertz CT molecular complexity index is 485. The van der Waals surface area contributed by atoms with Crippen LogP contribution in [0.15, 0.2) is 18.2 Å². The van der Waals surface area contributed by atoms with Crippen LogP contribution in [0.25, 0.3) is 0 Å². The highest BCUT2D eigenvalue weighted by atomic mass is 16.5. The monoisotopic (exact) mass is 279 g/mol. The van der Waals surface area contributed by atoms with Crippen LogP contribution in [0.1, 0.15) is 42.6 Å². The minimum Gasteiger partial charge on any atom is -0.484 e. The molecule has 1 unspecified atom stereocenters. The van der Waals surface area contributed by atoms with E-state index in [4.69, 9.17) is 9.84 Å². The van der Waals surface area contributed by atoms with Gasteiger partial charge in [0.15, 0.2) is 6.61 Å². The van der Waals surface area contributed by atoms with Gasteiger partial charge in [-0.2, -0.15) is 0 Å². The number of ether oxygens (including phenoxy) is 1. The number of benzene rings is 1. The lowest BCUT2D eigenvalue weighted by atomic mass is 10.1. The fourth-order valence-electron chi connectivity index (χ4n) is 1.94. The van der Waals surface area contributed by atoms with Crippen molar-refractivity contribution in [3.63, 3.8) is 0 Å². The van der Waals surface area contributed by atoms with Crippen LogP contribution in [0.4, 0.5) is 0 Å². The molecule has 2 N–H and O–H groups in total. The first-order chi connectivity index (χ1) is 9.43. The zero-order chi connectivity index (χ0) is 15.1. The van der Waals surface area contributed by atoms with Crippen molar-refractivity contribution in [2.75, 3.05) is 6.61 Å². The average Bonchev–Trinajstić information content (AvgIpc) is 2.36. The predicted molar refractivity (Wildman–Crippen MR) is 76.1 cm³/mol. The zero-order valence-electron chi connectivity index (χ0n) is 12.1. The van der Waals surface area contributed by atoms with Crippen molar-refractivity contribution >= 4 is 11.9 Å². The Morgan fingerprint density at radius 3 is 2.65 bits per heavy atom. The van der Waals surface area contributed by atoms with E-state index in [1.54, 1.807) is 19.1 Å². The molecule has 1 aromatic rings. The highest BCUT2D eigenvalue weighted by Gasteiger charge is 2.10. The average molecular weight is 279 g/mol. The lowest BCUT2D eigenvalue weighted by Crippen LogP contribution is -2.35. The molecule has 0 saturated carbocycles. The molecule has 0 aromatic heterocycles. The number of rotatable bonds is 7. The van der Waals surface area contributed by atoms with E-state index >= 15 is 0 Å². The molecule has 0 radical (unpaired) electrons. The van der Waals surface area contributed by atoms with E-state index in [0.29, 0.717) is 11.3 Å². The van der Waals surface area contributed by atoms with Gasteiger partial charge in [-0.05, 0) is 44.0 Å². The predicted octanol–water partition coefficient (Wildman–Crippen LogP) is 2.38. The summed E-state index contributed by atoms with van der Waals surface area (Å²) in [7, 11) is 0. The standard InChI is InChI=1S/C15H21NO4/c1-4-5-11(3)16-14(17)9-20-12-6-7-13(15(18)19)10(2)8-12/h6-8,11H,4-5,9H2,1-3H3,(H,16,17)(H,18,19). The van der Waals surface area contributed by atoms with Gasteiger partial charge in [0.05, 0.1) is 5.56 Å². The van der Waals surface area contributed by atoms with Crippen molar-refractivity contribution in [3.8, 4) is 5.75 Å². The maximum Gasteiger partial charge on any atom is 0.335 e. The topological polar surface area (TPSA) is 75.6 Å². The van der Waals surface area contributed by atoms with Gasteiger partial charge in [-0.3, -0.25) is 4.79 Å². The van der Waals surface area contributed by atoms with Crippen LogP contribution in [0.2, 0.25) is 0 Å². The van der Waals surface area contributed by atoms with Crippen molar-refractivity contribution in [2.24, 2.45) is 0 Å². The van der Waals surface area contributed by atoms with E-state index < -0.39 is 5.97 Å². The van der Waals surface area contributed by atoms with E-state index in [1.165, 1.54) is 6.07 Å².